The summed E-state index contributed by atoms with van der Waals surface area (Å²) in [5.74, 6) is -5.61. The molecule has 0 heterocycles. The molecular formula is C13H6BrF4NO. The summed E-state index contributed by atoms with van der Waals surface area (Å²) in [6.45, 7) is 0. The average molecular weight is 348 g/mol. The van der Waals surface area contributed by atoms with Gasteiger partial charge in [-0.15, -0.1) is 0 Å². The van der Waals surface area contributed by atoms with E-state index in [2.05, 4.69) is 15.9 Å². The molecule has 0 aliphatic heterocycles. The van der Waals surface area contributed by atoms with Crippen molar-refractivity contribution in [1.82, 2.24) is 0 Å². The number of carbonyl (C=O) groups excluding carboxylic acids is 1. The molecule has 2 aromatic carbocycles. The first-order valence-electron chi connectivity index (χ1n) is 5.30. The molecule has 0 saturated heterocycles. The third-order valence-electron chi connectivity index (χ3n) is 2.44. The van der Waals surface area contributed by atoms with Gasteiger partial charge in [0.05, 0.1) is 5.56 Å². The standard InChI is InChI=1S/C13H6BrF4NO/c14-7-2-1-3-8(16)11(7)13(20)19-12-9(17)4-6(15)5-10(12)18/h1-5H,(H,19,20). The van der Waals surface area contributed by atoms with Gasteiger partial charge < -0.3 is 5.32 Å². The largest absolute Gasteiger partial charge is 0.317 e. The van der Waals surface area contributed by atoms with E-state index < -0.39 is 40.4 Å². The topological polar surface area (TPSA) is 29.1 Å². The van der Waals surface area contributed by atoms with Crippen molar-refractivity contribution in [3.63, 3.8) is 0 Å². The minimum Gasteiger partial charge on any atom is -0.317 e. The Morgan fingerprint density at radius 2 is 1.60 bits per heavy atom. The van der Waals surface area contributed by atoms with Crippen LogP contribution in [0, 0.1) is 23.3 Å². The van der Waals surface area contributed by atoms with E-state index in [-0.39, 0.29) is 4.47 Å². The summed E-state index contributed by atoms with van der Waals surface area (Å²) in [6, 6.07) is 4.60. The van der Waals surface area contributed by atoms with Gasteiger partial charge in [0.15, 0.2) is 11.6 Å². The highest BCUT2D eigenvalue weighted by molar-refractivity contribution is 9.10. The Morgan fingerprint density at radius 3 is 2.15 bits per heavy atom. The number of halogens is 5. The molecule has 0 aromatic heterocycles. The summed E-state index contributed by atoms with van der Waals surface area (Å²) in [4.78, 5) is 11.8. The van der Waals surface area contributed by atoms with Crippen molar-refractivity contribution in [1.29, 1.82) is 0 Å². The number of benzene rings is 2. The monoisotopic (exact) mass is 347 g/mol. The highest BCUT2D eigenvalue weighted by Gasteiger charge is 2.19. The normalized spacial score (nSPS) is 10.4. The average Bonchev–Trinajstić information content (AvgIpc) is 2.33. The number of rotatable bonds is 2. The van der Waals surface area contributed by atoms with E-state index in [4.69, 9.17) is 0 Å². The highest BCUT2D eigenvalue weighted by Crippen LogP contribution is 2.24. The maximum atomic E-state index is 13.5. The molecule has 104 valence electrons. The van der Waals surface area contributed by atoms with Crippen molar-refractivity contribution in [2.45, 2.75) is 0 Å². The summed E-state index contributed by atoms with van der Waals surface area (Å²) in [5, 5.41) is 1.88. The van der Waals surface area contributed by atoms with Crippen LogP contribution in [0.3, 0.4) is 0 Å². The van der Waals surface area contributed by atoms with Crippen molar-refractivity contribution in [2.75, 3.05) is 5.32 Å². The number of hydrogen-bond acceptors (Lipinski definition) is 1. The molecule has 0 spiro atoms. The molecule has 2 rings (SSSR count). The maximum Gasteiger partial charge on any atom is 0.259 e. The molecule has 0 radical (unpaired) electrons. The summed E-state index contributed by atoms with van der Waals surface area (Å²) in [5.41, 5.74) is -1.25. The molecule has 7 heteroatoms. The smallest absolute Gasteiger partial charge is 0.259 e. The Labute approximate surface area is 119 Å². The van der Waals surface area contributed by atoms with Crippen molar-refractivity contribution >= 4 is 27.5 Å². The quantitative estimate of drug-likeness (QED) is 0.808. The van der Waals surface area contributed by atoms with Gasteiger partial charge in [-0.05, 0) is 28.1 Å². The summed E-state index contributed by atoms with van der Waals surface area (Å²) in [7, 11) is 0. The predicted molar refractivity (Wildman–Crippen MR) is 68.4 cm³/mol. The van der Waals surface area contributed by atoms with Crippen LogP contribution in [0.4, 0.5) is 23.2 Å². The van der Waals surface area contributed by atoms with Gasteiger partial charge in [-0.1, -0.05) is 6.07 Å². The zero-order chi connectivity index (χ0) is 14.9. The minimum atomic E-state index is -1.29. The van der Waals surface area contributed by atoms with Crippen molar-refractivity contribution in [3.8, 4) is 0 Å². The van der Waals surface area contributed by atoms with Gasteiger partial charge in [-0.25, -0.2) is 17.6 Å². The van der Waals surface area contributed by atoms with Crippen molar-refractivity contribution < 1.29 is 22.4 Å². The van der Waals surface area contributed by atoms with Crippen molar-refractivity contribution in [3.05, 3.63) is 63.6 Å². The van der Waals surface area contributed by atoms with Gasteiger partial charge in [0.25, 0.3) is 5.91 Å². The lowest BCUT2D eigenvalue weighted by molar-refractivity contribution is 0.102. The second kappa shape index (κ2) is 5.62. The molecule has 0 aliphatic carbocycles. The first-order valence-corrected chi connectivity index (χ1v) is 6.09. The zero-order valence-corrected chi connectivity index (χ0v) is 11.3. The number of nitrogens with one attached hydrogen (secondary N) is 1. The van der Waals surface area contributed by atoms with Gasteiger partial charge in [-0.3, -0.25) is 4.79 Å². The third kappa shape index (κ3) is 2.82. The first-order chi connectivity index (χ1) is 9.40. The minimum absolute atomic E-state index is 0.123. The lowest BCUT2D eigenvalue weighted by atomic mass is 10.2. The second-order valence-corrected chi connectivity index (χ2v) is 4.65. The molecule has 0 atom stereocenters. The maximum absolute atomic E-state index is 13.5. The Kier molecular flexibility index (Phi) is 4.08. The van der Waals surface area contributed by atoms with Gasteiger partial charge in [0.2, 0.25) is 0 Å². The summed E-state index contributed by atoms with van der Waals surface area (Å²) in [6.07, 6.45) is 0. The molecule has 0 unspecified atom stereocenters. The summed E-state index contributed by atoms with van der Waals surface area (Å²) >= 11 is 2.96. The van der Waals surface area contributed by atoms with Crippen LogP contribution < -0.4 is 5.32 Å². The molecule has 20 heavy (non-hydrogen) atoms. The van der Waals surface area contributed by atoms with E-state index in [1.165, 1.54) is 12.1 Å². The van der Waals surface area contributed by atoms with Gasteiger partial charge >= 0.3 is 0 Å². The Balaban J connectivity index is 2.38. The van der Waals surface area contributed by atoms with Crippen molar-refractivity contribution in [2.24, 2.45) is 0 Å². The molecule has 1 amide bonds. The fraction of sp³-hybridized carbons (Fsp3) is 0. The molecule has 0 bridgehead atoms. The molecule has 1 N–H and O–H groups in total. The molecule has 2 nitrogen and oxygen atoms in total. The number of anilines is 1. The molecule has 0 saturated carbocycles. The number of hydrogen-bond donors (Lipinski definition) is 1. The van der Waals surface area contributed by atoms with Crippen LogP contribution in [0.15, 0.2) is 34.8 Å². The van der Waals surface area contributed by atoms with E-state index >= 15 is 0 Å². The molecular weight excluding hydrogens is 342 g/mol. The Bertz CT molecular complexity index is 647. The second-order valence-electron chi connectivity index (χ2n) is 3.80. The van der Waals surface area contributed by atoms with Crippen LogP contribution in [0.2, 0.25) is 0 Å². The number of carbonyl (C=O) groups is 1. The highest BCUT2D eigenvalue weighted by atomic mass is 79.9. The Morgan fingerprint density at radius 1 is 1.00 bits per heavy atom. The van der Waals surface area contributed by atoms with E-state index in [1.807, 2.05) is 5.32 Å². The van der Waals surface area contributed by atoms with Gasteiger partial charge in [0, 0.05) is 16.6 Å². The lowest BCUT2D eigenvalue weighted by Crippen LogP contribution is -2.16. The third-order valence-corrected chi connectivity index (χ3v) is 3.10. The predicted octanol–water partition coefficient (Wildman–Crippen LogP) is 4.26. The van der Waals surface area contributed by atoms with Crippen LogP contribution in [-0.2, 0) is 0 Å². The zero-order valence-electron chi connectivity index (χ0n) is 9.68. The van der Waals surface area contributed by atoms with Crippen LogP contribution in [0.1, 0.15) is 10.4 Å². The van der Waals surface area contributed by atoms with Gasteiger partial charge in [-0.2, -0.15) is 0 Å². The van der Waals surface area contributed by atoms with E-state index in [1.54, 1.807) is 0 Å². The number of amides is 1. The first kappa shape index (κ1) is 14.5. The summed E-state index contributed by atoms with van der Waals surface area (Å²) < 4.78 is 53.2. The van der Waals surface area contributed by atoms with Crippen LogP contribution >= 0.6 is 15.9 Å². The van der Waals surface area contributed by atoms with Crippen LogP contribution in [0.25, 0.3) is 0 Å². The molecule has 0 aliphatic rings. The SMILES string of the molecule is O=C(Nc1c(F)cc(F)cc1F)c1c(F)cccc1Br. The molecule has 0 fully saturated rings. The fourth-order valence-corrected chi connectivity index (χ4v) is 2.07. The van der Waals surface area contributed by atoms with E-state index in [0.717, 1.165) is 6.07 Å². The molecule has 2 aromatic rings. The van der Waals surface area contributed by atoms with Crippen LogP contribution in [0.5, 0.6) is 0 Å². The van der Waals surface area contributed by atoms with E-state index in [9.17, 15) is 22.4 Å². The fourth-order valence-electron chi connectivity index (χ4n) is 1.55. The lowest BCUT2D eigenvalue weighted by Gasteiger charge is -2.09. The van der Waals surface area contributed by atoms with Crippen LogP contribution in [-0.4, -0.2) is 5.91 Å². The van der Waals surface area contributed by atoms with Gasteiger partial charge in [0.1, 0.15) is 17.3 Å². The Hall–Kier alpha value is -1.89. The van der Waals surface area contributed by atoms with E-state index in [0.29, 0.717) is 12.1 Å².